The molecule has 4 rings (SSSR count). The summed E-state index contributed by atoms with van der Waals surface area (Å²) >= 11 is 1.30. The van der Waals surface area contributed by atoms with Crippen molar-refractivity contribution in [3.8, 4) is 27.8 Å². The Kier molecular flexibility index (Phi) is 4.72. The van der Waals surface area contributed by atoms with Crippen LogP contribution >= 0.6 is 11.3 Å². The molecular weight excluding hydrogens is 360 g/mol. The van der Waals surface area contributed by atoms with Crippen LogP contribution in [0.1, 0.15) is 9.67 Å². The molecule has 2 aromatic carbocycles. The van der Waals surface area contributed by atoms with Gasteiger partial charge in [-0.05, 0) is 24.3 Å². The molecule has 0 aliphatic rings. The zero-order chi connectivity index (χ0) is 18.6. The molecule has 0 saturated carbocycles. The van der Waals surface area contributed by atoms with Gasteiger partial charge in [0.15, 0.2) is 10.8 Å². The van der Waals surface area contributed by atoms with Gasteiger partial charge in [-0.2, -0.15) is 0 Å². The Labute approximate surface area is 160 Å². The number of nitrogens with one attached hydrogen (secondary N) is 1. The highest BCUT2D eigenvalue weighted by atomic mass is 32.1. The van der Waals surface area contributed by atoms with Crippen LogP contribution < -0.4 is 10.1 Å². The Hall–Kier alpha value is -3.38. The lowest BCUT2D eigenvalue weighted by atomic mass is 10.1. The van der Waals surface area contributed by atoms with Crippen LogP contribution in [0.5, 0.6) is 5.75 Å². The van der Waals surface area contributed by atoms with Crippen molar-refractivity contribution < 1.29 is 13.9 Å². The van der Waals surface area contributed by atoms with E-state index in [4.69, 9.17) is 9.15 Å². The Balaban J connectivity index is 1.72. The number of thiazole rings is 1. The smallest absolute Gasteiger partial charge is 0.268 e. The van der Waals surface area contributed by atoms with E-state index in [1.54, 1.807) is 25.5 Å². The molecule has 134 valence electrons. The topological polar surface area (TPSA) is 64.4 Å². The second-order valence-corrected chi connectivity index (χ2v) is 6.73. The summed E-state index contributed by atoms with van der Waals surface area (Å²) < 4.78 is 10.7. The number of benzene rings is 2. The second-order valence-electron chi connectivity index (χ2n) is 5.73. The molecule has 4 aromatic rings. The van der Waals surface area contributed by atoms with E-state index >= 15 is 0 Å². The van der Waals surface area contributed by atoms with Crippen molar-refractivity contribution in [2.45, 2.75) is 0 Å². The number of methoxy groups -OCH3 is 1. The number of amides is 1. The van der Waals surface area contributed by atoms with Crippen molar-refractivity contribution in [2.24, 2.45) is 0 Å². The van der Waals surface area contributed by atoms with Gasteiger partial charge in [-0.1, -0.05) is 36.4 Å². The van der Waals surface area contributed by atoms with Crippen LogP contribution in [-0.4, -0.2) is 18.0 Å². The fourth-order valence-corrected chi connectivity index (χ4v) is 3.61. The number of ether oxygens (including phenoxy) is 1. The van der Waals surface area contributed by atoms with E-state index in [1.165, 1.54) is 11.3 Å². The number of rotatable bonds is 5. The van der Waals surface area contributed by atoms with Gasteiger partial charge in [0.05, 0.1) is 19.1 Å². The highest BCUT2D eigenvalue weighted by molar-refractivity contribution is 7.17. The predicted molar refractivity (Wildman–Crippen MR) is 106 cm³/mol. The fraction of sp³-hybridized carbons (Fsp3) is 0.0476. The maximum atomic E-state index is 13.0. The fourth-order valence-electron chi connectivity index (χ4n) is 2.66. The molecule has 0 aliphatic heterocycles. The first kappa shape index (κ1) is 17.1. The number of nitrogens with zero attached hydrogens (tertiary/aromatic N) is 1. The highest BCUT2D eigenvalue weighted by Gasteiger charge is 2.21. The van der Waals surface area contributed by atoms with E-state index in [0.29, 0.717) is 32.8 Å². The van der Waals surface area contributed by atoms with Crippen LogP contribution in [0.2, 0.25) is 0 Å². The third-order valence-electron chi connectivity index (χ3n) is 3.94. The number of hydrogen-bond donors (Lipinski definition) is 1. The average molecular weight is 376 g/mol. The number of carbonyl (C=O) groups is 1. The van der Waals surface area contributed by atoms with E-state index in [2.05, 4.69) is 10.3 Å². The summed E-state index contributed by atoms with van der Waals surface area (Å²) in [7, 11) is 1.59. The highest BCUT2D eigenvalue weighted by Crippen LogP contribution is 2.34. The van der Waals surface area contributed by atoms with Crippen LogP contribution in [0.15, 0.2) is 77.4 Å². The molecule has 1 N–H and O–H groups in total. The second kappa shape index (κ2) is 7.47. The van der Waals surface area contributed by atoms with Gasteiger partial charge < -0.3 is 14.5 Å². The van der Waals surface area contributed by atoms with Crippen molar-refractivity contribution in [3.63, 3.8) is 0 Å². The first-order valence-corrected chi connectivity index (χ1v) is 9.12. The monoisotopic (exact) mass is 376 g/mol. The van der Waals surface area contributed by atoms with Crippen LogP contribution in [0.25, 0.3) is 22.0 Å². The van der Waals surface area contributed by atoms with E-state index in [0.717, 1.165) is 5.56 Å². The van der Waals surface area contributed by atoms with Crippen molar-refractivity contribution in [3.05, 3.63) is 77.9 Å². The van der Waals surface area contributed by atoms with E-state index in [9.17, 15) is 4.79 Å². The van der Waals surface area contributed by atoms with Gasteiger partial charge in [-0.25, -0.2) is 4.98 Å². The summed E-state index contributed by atoms with van der Waals surface area (Å²) in [6.07, 6.45) is 1.59. The van der Waals surface area contributed by atoms with Gasteiger partial charge in [0.1, 0.15) is 10.6 Å². The van der Waals surface area contributed by atoms with E-state index < -0.39 is 0 Å². The number of furan rings is 1. The number of anilines is 1. The van der Waals surface area contributed by atoms with Crippen molar-refractivity contribution in [1.29, 1.82) is 0 Å². The number of carbonyl (C=O) groups excluding carboxylic acids is 1. The SMILES string of the molecule is COc1cccc(NC(=O)c2sc(-c3ccco3)nc2-c2ccccc2)c1. The molecule has 2 heterocycles. The molecule has 2 aromatic heterocycles. The Morgan fingerprint density at radius 3 is 2.67 bits per heavy atom. The summed E-state index contributed by atoms with van der Waals surface area (Å²) in [6.45, 7) is 0. The summed E-state index contributed by atoms with van der Waals surface area (Å²) in [6, 6.07) is 20.5. The molecule has 0 aliphatic carbocycles. The lowest BCUT2D eigenvalue weighted by Crippen LogP contribution is -2.11. The maximum Gasteiger partial charge on any atom is 0.268 e. The molecule has 0 unspecified atom stereocenters. The first-order valence-electron chi connectivity index (χ1n) is 8.30. The van der Waals surface area contributed by atoms with Crippen LogP contribution in [-0.2, 0) is 0 Å². The average Bonchev–Trinajstić information content (AvgIpc) is 3.38. The molecule has 0 saturated heterocycles. The van der Waals surface area contributed by atoms with Gasteiger partial charge in [-0.3, -0.25) is 4.79 Å². The van der Waals surface area contributed by atoms with Crippen LogP contribution in [0.3, 0.4) is 0 Å². The molecule has 0 spiro atoms. The van der Waals surface area contributed by atoms with Crippen molar-refractivity contribution >= 4 is 22.9 Å². The largest absolute Gasteiger partial charge is 0.497 e. The van der Waals surface area contributed by atoms with Gasteiger partial charge in [0.2, 0.25) is 0 Å². The molecular formula is C21H16N2O3S. The standard InChI is InChI=1S/C21H16N2O3S/c1-25-16-10-5-9-15(13-16)22-20(24)19-18(14-7-3-2-4-8-14)23-21(27-19)17-11-6-12-26-17/h2-13H,1H3,(H,22,24). The van der Waals surface area contributed by atoms with Crippen LogP contribution in [0.4, 0.5) is 5.69 Å². The van der Waals surface area contributed by atoms with Crippen molar-refractivity contribution in [2.75, 3.05) is 12.4 Å². The van der Waals surface area contributed by atoms with Gasteiger partial charge >= 0.3 is 0 Å². The zero-order valence-corrected chi connectivity index (χ0v) is 15.3. The lowest BCUT2D eigenvalue weighted by Gasteiger charge is -2.07. The Morgan fingerprint density at radius 1 is 1.07 bits per heavy atom. The quantitative estimate of drug-likeness (QED) is 0.511. The van der Waals surface area contributed by atoms with E-state index in [1.807, 2.05) is 54.6 Å². The van der Waals surface area contributed by atoms with Crippen molar-refractivity contribution in [1.82, 2.24) is 4.98 Å². The van der Waals surface area contributed by atoms with Gasteiger partial charge in [0.25, 0.3) is 5.91 Å². The lowest BCUT2D eigenvalue weighted by molar-refractivity contribution is 0.103. The molecule has 5 nitrogen and oxygen atoms in total. The molecule has 1 amide bonds. The Morgan fingerprint density at radius 2 is 1.93 bits per heavy atom. The predicted octanol–water partition coefficient (Wildman–Crippen LogP) is 5.33. The van der Waals surface area contributed by atoms with Gasteiger partial charge in [0, 0.05) is 17.3 Å². The van der Waals surface area contributed by atoms with E-state index in [-0.39, 0.29) is 5.91 Å². The minimum atomic E-state index is -0.225. The molecule has 6 heteroatoms. The third kappa shape index (κ3) is 3.61. The number of aromatic nitrogens is 1. The molecule has 0 radical (unpaired) electrons. The minimum absolute atomic E-state index is 0.225. The molecule has 27 heavy (non-hydrogen) atoms. The molecule has 0 atom stereocenters. The maximum absolute atomic E-state index is 13.0. The number of hydrogen-bond acceptors (Lipinski definition) is 5. The summed E-state index contributed by atoms with van der Waals surface area (Å²) in [5.41, 5.74) is 2.17. The normalized spacial score (nSPS) is 10.6. The first-order chi connectivity index (χ1) is 13.2. The molecule has 0 bridgehead atoms. The summed E-state index contributed by atoms with van der Waals surface area (Å²) in [5.74, 6) is 1.09. The summed E-state index contributed by atoms with van der Waals surface area (Å²) in [4.78, 5) is 18.2. The minimum Gasteiger partial charge on any atom is -0.497 e. The molecule has 0 fully saturated rings. The van der Waals surface area contributed by atoms with Gasteiger partial charge in [-0.15, -0.1) is 11.3 Å². The zero-order valence-electron chi connectivity index (χ0n) is 14.5. The Bertz CT molecular complexity index is 1060. The summed E-state index contributed by atoms with van der Waals surface area (Å²) in [5, 5.41) is 3.58. The van der Waals surface area contributed by atoms with Crippen LogP contribution in [0, 0.1) is 0 Å². The third-order valence-corrected chi connectivity index (χ3v) is 5.01.